The van der Waals surface area contributed by atoms with Crippen molar-refractivity contribution in [2.24, 2.45) is 0 Å². The lowest BCUT2D eigenvalue weighted by molar-refractivity contribution is -0.116. The topological polar surface area (TPSA) is 80.0 Å². The molecule has 2 N–H and O–H groups in total. The van der Waals surface area contributed by atoms with E-state index in [2.05, 4.69) is 15.6 Å². The molecule has 0 bridgehead atoms. The Morgan fingerprint density at radius 2 is 2.15 bits per heavy atom. The number of halogens is 1. The standard InChI is InChI=1S/C13H15FN4O2/c1-2-12(19)11-7-18(17-16-11)8-13(20)15-10-5-3-9(14)4-6-10/h3-7,12,19H,2,8H2,1H3,(H,15,20). The quantitative estimate of drug-likeness (QED) is 0.868. The van der Waals surface area contributed by atoms with E-state index in [0.29, 0.717) is 17.8 Å². The first-order valence-corrected chi connectivity index (χ1v) is 6.22. The number of hydrogen-bond donors (Lipinski definition) is 2. The van der Waals surface area contributed by atoms with E-state index in [0.717, 1.165) is 0 Å². The molecular formula is C13H15FN4O2. The van der Waals surface area contributed by atoms with E-state index in [4.69, 9.17) is 0 Å². The number of aromatic nitrogens is 3. The molecule has 0 fully saturated rings. The number of nitrogens with zero attached hydrogens (tertiary/aromatic N) is 3. The maximum atomic E-state index is 12.7. The van der Waals surface area contributed by atoms with Gasteiger partial charge in [0.05, 0.1) is 12.3 Å². The minimum atomic E-state index is -0.677. The monoisotopic (exact) mass is 278 g/mol. The zero-order valence-corrected chi connectivity index (χ0v) is 11.0. The molecule has 1 aromatic heterocycles. The van der Waals surface area contributed by atoms with Crippen LogP contribution >= 0.6 is 0 Å². The maximum absolute atomic E-state index is 12.7. The second-order valence-electron chi connectivity index (χ2n) is 4.32. The molecule has 1 unspecified atom stereocenters. The van der Waals surface area contributed by atoms with Crippen molar-refractivity contribution in [1.82, 2.24) is 15.0 Å². The van der Waals surface area contributed by atoms with Crippen LogP contribution in [0.15, 0.2) is 30.5 Å². The number of aliphatic hydroxyl groups excluding tert-OH is 1. The van der Waals surface area contributed by atoms with E-state index >= 15 is 0 Å². The van der Waals surface area contributed by atoms with E-state index in [1.165, 1.54) is 35.1 Å². The molecular weight excluding hydrogens is 263 g/mol. The summed E-state index contributed by atoms with van der Waals surface area (Å²) in [5.41, 5.74) is 0.937. The molecule has 1 aromatic carbocycles. The number of anilines is 1. The average Bonchev–Trinajstić information content (AvgIpc) is 2.89. The summed E-state index contributed by atoms with van der Waals surface area (Å²) in [6.45, 7) is 1.80. The molecule has 0 saturated carbocycles. The Kier molecular flexibility index (Phi) is 4.41. The highest BCUT2D eigenvalue weighted by molar-refractivity contribution is 5.90. The van der Waals surface area contributed by atoms with Gasteiger partial charge in [-0.3, -0.25) is 4.79 Å². The minimum Gasteiger partial charge on any atom is -0.387 e. The summed E-state index contributed by atoms with van der Waals surface area (Å²) in [5.74, 6) is -0.670. The van der Waals surface area contributed by atoms with Gasteiger partial charge in [-0.25, -0.2) is 9.07 Å². The lowest BCUT2D eigenvalue weighted by Gasteiger charge is -2.04. The van der Waals surface area contributed by atoms with Crippen molar-refractivity contribution in [3.63, 3.8) is 0 Å². The van der Waals surface area contributed by atoms with Crippen molar-refractivity contribution in [3.8, 4) is 0 Å². The van der Waals surface area contributed by atoms with Crippen molar-refractivity contribution in [3.05, 3.63) is 42.0 Å². The molecule has 0 saturated heterocycles. The van der Waals surface area contributed by atoms with Gasteiger partial charge < -0.3 is 10.4 Å². The number of benzene rings is 1. The van der Waals surface area contributed by atoms with E-state index < -0.39 is 6.10 Å². The fourth-order valence-corrected chi connectivity index (χ4v) is 1.63. The summed E-state index contributed by atoms with van der Waals surface area (Å²) >= 11 is 0. The molecule has 0 aliphatic heterocycles. The van der Waals surface area contributed by atoms with Gasteiger partial charge in [0.2, 0.25) is 5.91 Å². The first-order valence-electron chi connectivity index (χ1n) is 6.22. The van der Waals surface area contributed by atoms with Crippen LogP contribution in [0.3, 0.4) is 0 Å². The van der Waals surface area contributed by atoms with Crippen LogP contribution in [0.5, 0.6) is 0 Å². The summed E-state index contributed by atoms with van der Waals surface area (Å²) in [6.07, 6.45) is 1.38. The second-order valence-corrected chi connectivity index (χ2v) is 4.32. The van der Waals surface area contributed by atoms with Crippen LogP contribution in [0.2, 0.25) is 0 Å². The van der Waals surface area contributed by atoms with Gasteiger partial charge in [-0.05, 0) is 30.7 Å². The lowest BCUT2D eigenvalue weighted by Crippen LogP contribution is -2.19. The summed E-state index contributed by atoms with van der Waals surface area (Å²) in [4.78, 5) is 11.8. The average molecular weight is 278 g/mol. The van der Waals surface area contributed by atoms with Crippen LogP contribution in [-0.2, 0) is 11.3 Å². The fourth-order valence-electron chi connectivity index (χ4n) is 1.63. The molecule has 1 amide bonds. The second kappa shape index (κ2) is 6.25. The van der Waals surface area contributed by atoms with E-state index in [1.54, 1.807) is 0 Å². The predicted octanol–water partition coefficient (Wildman–Crippen LogP) is 1.50. The first kappa shape index (κ1) is 14.1. The Morgan fingerprint density at radius 3 is 2.80 bits per heavy atom. The Hall–Kier alpha value is -2.28. The van der Waals surface area contributed by atoms with Crippen LogP contribution in [-0.4, -0.2) is 26.0 Å². The highest BCUT2D eigenvalue weighted by atomic mass is 19.1. The molecule has 20 heavy (non-hydrogen) atoms. The van der Waals surface area contributed by atoms with Crippen molar-refractivity contribution in [1.29, 1.82) is 0 Å². The van der Waals surface area contributed by atoms with Crippen LogP contribution in [0.25, 0.3) is 0 Å². The number of carbonyl (C=O) groups is 1. The van der Waals surface area contributed by atoms with Gasteiger partial charge in [-0.2, -0.15) is 0 Å². The van der Waals surface area contributed by atoms with Crippen LogP contribution in [0, 0.1) is 5.82 Å². The van der Waals surface area contributed by atoms with Crippen LogP contribution in [0.4, 0.5) is 10.1 Å². The third-order valence-electron chi connectivity index (χ3n) is 2.72. The lowest BCUT2D eigenvalue weighted by atomic mass is 10.2. The maximum Gasteiger partial charge on any atom is 0.246 e. The first-order chi connectivity index (χ1) is 9.58. The Bertz CT molecular complexity index is 582. The molecule has 2 aromatic rings. The summed E-state index contributed by atoms with van der Waals surface area (Å²) < 4.78 is 14.1. The minimum absolute atomic E-state index is 0.0270. The van der Waals surface area contributed by atoms with Crippen molar-refractivity contribution in [2.45, 2.75) is 26.0 Å². The van der Waals surface area contributed by atoms with Crippen LogP contribution in [0.1, 0.15) is 25.1 Å². The smallest absolute Gasteiger partial charge is 0.246 e. The van der Waals surface area contributed by atoms with Crippen LogP contribution < -0.4 is 5.32 Å². The Balaban J connectivity index is 1.94. The molecule has 0 aliphatic carbocycles. The zero-order chi connectivity index (χ0) is 14.5. The van der Waals surface area contributed by atoms with Crippen molar-refractivity contribution in [2.75, 3.05) is 5.32 Å². The highest BCUT2D eigenvalue weighted by Crippen LogP contribution is 2.12. The molecule has 0 radical (unpaired) electrons. The highest BCUT2D eigenvalue weighted by Gasteiger charge is 2.11. The molecule has 6 nitrogen and oxygen atoms in total. The van der Waals surface area contributed by atoms with Gasteiger partial charge in [0.25, 0.3) is 0 Å². The molecule has 1 atom stereocenters. The Morgan fingerprint density at radius 1 is 1.45 bits per heavy atom. The number of carbonyl (C=O) groups excluding carboxylic acids is 1. The Labute approximate surface area is 115 Å². The van der Waals surface area contributed by atoms with Gasteiger partial charge in [-0.1, -0.05) is 12.1 Å². The zero-order valence-electron chi connectivity index (χ0n) is 11.0. The van der Waals surface area contributed by atoms with Gasteiger partial charge in [0.1, 0.15) is 18.1 Å². The van der Waals surface area contributed by atoms with E-state index in [-0.39, 0.29) is 18.3 Å². The van der Waals surface area contributed by atoms with Crippen molar-refractivity contribution >= 4 is 11.6 Å². The van der Waals surface area contributed by atoms with E-state index in [1.807, 2.05) is 6.92 Å². The number of hydrogen-bond acceptors (Lipinski definition) is 4. The molecule has 2 rings (SSSR count). The number of nitrogens with one attached hydrogen (secondary N) is 1. The van der Waals surface area contributed by atoms with Crippen molar-refractivity contribution < 1.29 is 14.3 Å². The fraction of sp³-hybridized carbons (Fsp3) is 0.308. The SMILES string of the molecule is CCC(O)c1cn(CC(=O)Nc2ccc(F)cc2)nn1. The van der Waals surface area contributed by atoms with Gasteiger partial charge >= 0.3 is 0 Å². The summed E-state index contributed by atoms with van der Waals surface area (Å²) in [6, 6.07) is 5.48. The molecule has 106 valence electrons. The molecule has 0 spiro atoms. The largest absolute Gasteiger partial charge is 0.387 e. The van der Waals surface area contributed by atoms with Gasteiger partial charge in [0, 0.05) is 5.69 Å². The molecule has 1 heterocycles. The third-order valence-corrected chi connectivity index (χ3v) is 2.72. The third kappa shape index (κ3) is 3.61. The molecule has 0 aliphatic rings. The summed E-state index contributed by atoms with van der Waals surface area (Å²) in [5, 5.41) is 19.8. The summed E-state index contributed by atoms with van der Waals surface area (Å²) in [7, 11) is 0. The van der Waals surface area contributed by atoms with Gasteiger partial charge in [0.15, 0.2) is 0 Å². The number of amides is 1. The van der Waals surface area contributed by atoms with E-state index in [9.17, 15) is 14.3 Å². The number of rotatable bonds is 5. The predicted molar refractivity (Wildman–Crippen MR) is 70.3 cm³/mol. The molecule has 7 heteroatoms. The normalized spacial score (nSPS) is 12.2. The van der Waals surface area contributed by atoms with Gasteiger partial charge in [-0.15, -0.1) is 5.10 Å². The number of aliphatic hydroxyl groups is 1.